The van der Waals surface area contributed by atoms with E-state index in [2.05, 4.69) is 27.7 Å². The number of ether oxygens (including phenoxy) is 1. The van der Waals surface area contributed by atoms with Crippen molar-refractivity contribution >= 4 is 11.3 Å². The Labute approximate surface area is 113 Å². The predicted octanol–water partition coefficient (Wildman–Crippen LogP) is 2.12. The first-order chi connectivity index (χ1) is 8.88. The molecule has 2 unspecified atom stereocenters. The quantitative estimate of drug-likeness (QED) is 0.883. The molecule has 1 aliphatic carbocycles. The Morgan fingerprint density at radius 1 is 1.56 bits per heavy atom. The lowest BCUT2D eigenvalue weighted by Crippen LogP contribution is -2.47. The number of rotatable bonds is 5. The summed E-state index contributed by atoms with van der Waals surface area (Å²) in [5.74, 6) is 0.886. The molecule has 1 saturated carbocycles. The molecular weight excluding hydrogens is 244 g/mol. The Morgan fingerprint density at radius 3 is 3.11 bits per heavy atom. The van der Waals surface area contributed by atoms with Crippen molar-refractivity contribution in [2.45, 2.75) is 25.0 Å². The van der Waals surface area contributed by atoms with Gasteiger partial charge in [-0.15, -0.1) is 11.3 Å². The van der Waals surface area contributed by atoms with Gasteiger partial charge in [-0.3, -0.25) is 4.90 Å². The molecule has 2 aliphatic rings. The first-order valence-electron chi connectivity index (χ1n) is 6.92. The van der Waals surface area contributed by atoms with E-state index in [9.17, 15) is 0 Å². The number of thiophene rings is 1. The van der Waals surface area contributed by atoms with Crippen LogP contribution in [0.2, 0.25) is 0 Å². The molecule has 1 aliphatic heterocycles. The molecule has 2 fully saturated rings. The first-order valence-corrected chi connectivity index (χ1v) is 7.80. The van der Waals surface area contributed by atoms with Crippen LogP contribution >= 0.6 is 11.3 Å². The summed E-state index contributed by atoms with van der Waals surface area (Å²) >= 11 is 1.91. The van der Waals surface area contributed by atoms with Crippen LogP contribution in [0.1, 0.15) is 23.8 Å². The van der Waals surface area contributed by atoms with Crippen LogP contribution in [0.25, 0.3) is 0 Å². The standard InChI is InChI=1S/C14H22N2OS/c1-15-9-12-10-16(6-7-17-12)14(11-4-5-11)13-3-2-8-18-13/h2-3,8,11-12,14-15H,4-7,9-10H2,1H3. The molecule has 100 valence electrons. The number of nitrogens with zero attached hydrogens (tertiary/aromatic N) is 1. The maximum Gasteiger partial charge on any atom is 0.0826 e. The Balaban J connectivity index is 1.70. The van der Waals surface area contributed by atoms with E-state index in [4.69, 9.17) is 4.74 Å². The molecule has 1 aromatic heterocycles. The van der Waals surface area contributed by atoms with Gasteiger partial charge >= 0.3 is 0 Å². The van der Waals surface area contributed by atoms with E-state index in [0.29, 0.717) is 12.1 Å². The van der Waals surface area contributed by atoms with Crippen LogP contribution in [0.15, 0.2) is 17.5 Å². The Kier molecular flexibility index (Phi) is 3.99. The van der Waals surface area contributed by atoms with Crippen LogP contribution in [-0.2, 0) is 4.74 Å². The van der Waals surface area contributed by atoms with E-state index in [0.717, 1.165) is 32.2 Å². The molecule has 0 radical (unpaired) electrons. The molecule has 1 saturated heterocycles. The molecule has 1 aromatic rings. The van der Waals surface area contributed by atoms with Gasteiger partial charge in [0.15, 0.2) is 0 Å². The van der Waals surface area contributed by atoms with Crippen LogP contribution in [0.5, 0.6) is 0 Å². The van der Waals surface area contributed by atoms with Crippen LogP contribution in [-0.4, -0.2) is 44.3 Å². The summed E-state index contributed by atoms with van der Waals surface area (Å²) in [5.41, 5.74) is 0. The summed E-state index contributed by atoms with van der Waals surface area (Å²) in [6, 6.07) is 5.13. The fourth-order valence-corrected chi connectivity index (χ4v) is 3.88. The van der Waals surface area contributed by atoms with Gasteiger partial charge < -0.3 is 10.1 Å². The highest BCUT2D eigenvalue weighted by molar-refractivity contribution is 7.10. The average molecular weight is 266 g/mol. The average Bonchev–Trinajstić information content (AvgIpc) is 3.05. The number of likely N-dealkylation sites (N-methyl/N-ethyl adjacent to an activating group) is 1. The molecule has 0 spiro atoms. The van der Waals surface area contributed by atoms with Gasteiger partial charge in [-0.05, 0) is 37.3 Å². The third-order valence-corrected chi connectivity index (χ3v) is 4.84. The highest BCUT2D eigenvalue weighted by Crippen LogP contribution is 2.46. The predicted molar refractivity (Wildman–Crippen MR) is 75.0 cm³/mol. The largest absolute Gasteiger partial charge is 0.374 e. The Bertz CT molecular complexity index is 362. The number of hydrogen-bond donors (Lipinski definition) is 1. The van der Waals surface area contributed by atoms with Gasteiger partial charge in [-0.1, -0.05) is 6.07 Å². The van der Waals surface area contributed by atoms with E-state index in [1.165, 1.54) is 12.8 Å². The zero-order valence-corrected chi connectivity index (χ0v) is 11.8. The van der Waals surface area contributed by atoms with E-state index in [1.54, 1.807) is 4.88 Å². The van der Waals surface area contributed by atoms with Crippen molar-refractivity contribution in [2.24, 2.45) is 5.92 Å². The summed E-state index contributed by atoms with van der Waals surface area (Å²) < 4.78 is 5.82. The second kappa shape index (κ2) is 5.70. The summed E-state index contributed by atoms with van der Waals surface area (Å²) in [6.45, 7) is 3.98. The maximum absolute atomic E-state index is 5.82. The molecule has 3 nitrogen and oxygen atoms in total. The van der Waals surface area contributed by atoms with Crippen molar-refractivity contribution in [3.63, 3.8) is 0 Å². The van der Waals surface area contributed by atoms with E-state index in [1.807, 2.05) is 18.4 Å². The van der Waals surface area contributed by atoms with Crippen LogP contribution in [0.4, 0.5) is 0 Å². The Morgan fingerprint density at radius 2 is 2.44 bits per heavy atom. The minimum absolute atomic E-state index is 0.352. The fourth-order valence-electron chi connectivity index (χ4n) is 2.93. The van der Waals surface area contributed by atoms with Crippen molar-refractivity contribution in [1.82, 2.24) is 10.2 Å². The molecule has 3 rings (SSSR count). The van der Waals surface area contributed by atoms with E-state index < -0.39 is 0 Å². The minimum Gasteiger partial charge on any atom is -0.374 e. The highest BCUT2D eigenvalue weighted by atomic mass is 32.1. The third kappa shape index (κ3) is 2.77. The van der Waals surface area contributed by atoms with E-state index >= 15 is 0 Å². The van der Waals surface area contributed by atoms with Crippen molar-refractivity contribution in [3.05, 3.63) is 22.4 Å². The molecule has 0 bridgehead atoms. The lowest BCUT2D eigenvalue weighted by Gasteiger charge is -2.38. The van der Waals surface area contributed by atoms with Gasteiger partial charge in [0.05, 0.1) is 12.7 Å². The van der Waals surface area contributed by atoms with Gasteiger partial charge in [-0.25, -0.2) is 0 Å². The minimum atomic E-state index is 0.352. The molecule has 2 atom stereocenters. The van der Waals surface area contributed by atoms with Crippen molar-refractivity contribution in [2.75, 3.05) is 33.3 Å². The number of morpholine rings is 1. The molecule has 2 heterocycles. The number of hydrogen-bond acceptors (Lipinski definition) is 4. The third-order valence-electron chi connectivity index (χ3n) is 3.90. The van der Waals surface area contributed by atoms with Gasteiger partial charge in [0.25, 0.3) is 0 Å². The first kappa shape index (κ1) is 12.6. The van der Waals surface area contributed by atoms with Gasteiger partial charge in [-0.2, -0.15) is 0 Å². The molecule has 1 N–H and O–H groups in total. The SMILES string of the molecule is CNCC1CN(C(c2cccs2)C2CC2)CCO1. The second-order valence-electron chi connectivity index (χ2n) is 5.34. The molecule has 4 heteroatoms. The highest BCUT2D eigenvalue weighted by Gasteiger charge is 2.38. The van der Waals surface area contributed by atoms with Crippen LogP contribution < -0.4 is 5.32 Å². The zero-order valence-electron chi connectivity index (χ0n) is 11.0. The van der Waals surface area contributed by atoms with Gasteiger partial charge in [0.2, 0.25) is 0 Å². The summed E-state index contributed by atoms with van der Waals surface area (Å²) in [5, 5.41) is 5.43. The smallest absolute Gasteiger partial charge is 0.0826 e. The molecular formula is C14H22N2OS. The van der Waals surface area contributed by atoms with Crippen molar-refractivity contribution < 1.29 is 4.74 Å². The molecule has 0 amide bonds. The fraction of sp³-hybridized carbons (Fsp3) is 0.714. The normalized spacial score (nSPS) is 27.3. The van der Waals surface area contributed by atoms with Gasteiger partial charge in [0, 0.05) is 30.6 Å². The Hall–Kier alpha value is -0.420. The summed E-state index contributed by atoms with van der Waals surface area (Å²) in [6.07, 6.45) is 3.15. The van der Waals surface area contributed by atoms with Crippen LogP contribution in [0, 0.1) is 5.92 Å². The van der Waals surface area contributed by atoms with Crippen LogP contribution in [0.3, 0.4) is 0 Å². The lowest BCUT2D eigenvalue weighted by molar-refractivity contribution is -0.0446. The summed E-state index contributed by atoms with van der Waals surface area (Å²) in [4.78, 5) is 4.19. The summed E-state index contributed by atoms with van der Waals surface area (Å²) in [7, 11) is 2.00. The van der Waals surface area contributed by atoms with E-state index in [-0.39, 0.29) is 0 Å². The van der Waals surface area contributed by atoms with Crippen molar-refractivity contribution in [3.8, 4) is 0 Å². The second-order valence-corrected chi connectivity index (χ2v) is 6.32. The number of nitrogens with one attached hydrogen (secondary N) is 1. The monoisotopic (exact) mass is 266 g/mol. The van der Waals surface area contributed by atoms with Crippen molar-refractivity contribution in [1.29, 1.82) is 0 Å². The topological polar surface area (TPSA) is 24.5 Å². The zero-order chi connectivity index (χ0) is 12.4. The van der Waals surface area contributed by atoms with Gasteiger partial charge in [0.1, 0.15) is 0 Å². The maximum atomic E-state index is 5.82. The molecule has 18 heavy (non-hydrogen) atoms. The lowest BCUT2D eigenvalue weighted by atomic mass is 10.1. The molecule has 0 aromatic carbocycles.